The summed E-state index contributed by atoms with van der Waals surface area (Å²) in [5, 5.41) is -6.60. The summed E-state index contributed by atoms with van der Waals surface area (Å²) in [7, 11) is 0. The van der Waals surface area contributed by atoms with Crippen molar-refractivity contribution >= 4 is 96.8 Å². The molecule has 12 heteroatoms. The number of benzene rings is 1. The molecule has 23 heavy (non-hydrogen) atoms. The van der Waals surface area contributed by atoms with Crippen LogP contribution < -0.4 is 0 Å². The van der Waals surface area contributed by atoms with Gasteiger partial charge in [-0.1, -0.05) is 0 Å². The molecule has 0 heterocycles. The van der Waals surface area contributed by atoms with Crippen LogP contribution in [0, 0.1) is 0 Å². The monoisotopic (exact) mass is 484 g/mol. The number of rotatable bonds is 5. The molecule has 0 aromatic heterocycles. The Morgan fingerprint density at radius 3 is 0.870 bits per heavy atom. The van der Waals surface area contributed by atoms with E-state index in [0.29, 0.717) is 0 Å². The standard InChI is InChI=1S/C11HCl5O5S.Zn/c12-7(17)1-2(8(13)18)4(10(15)20)6(22)5(11(16)21)3(1)9(14)19;/h22H;. The minimum atomic E-state index is -1.38. The van der Waals surface area contributed by atoms with Gasteiger partial charge in [0.2, 0.25) is 0 Å². The number of hydrogen-bond acceptors (Lipinski definition) is 6. The van der Waals surface area contributed by atoms with E-state index in [2.05, 4.69) is 12.6 Å². The van der Waals surface area contributed by atoms with E-state index in [9.17, 15) is 24.0 Å². The van der Waals surface area contributed by atoms with Gasteiger partial charge in [0.25, 0.3) is 26.2 Å². The Balaban J connectivity index is 0.00000484. The molecule has 0 fully saturated rings. The molecule has 0 saturated heterocycles. The zero-order chi connectivity index (χ0) is 17.4. The second kappa shape index (κ2) is 8.90. The van der Waals surface area contributed by atoms with E-state index in [-0.39, 0.29) is 19.5 Å². The Hall–Kier alpha value is -0.00662. The van der Waals surface area contributed by atoms with E-state index in [1.165, 1.54) is 0 Å². The maximum atomic E-state index is 11.6. The van der Waals surface area contributed by atoms with E-state index in [1.807, 2.05) is 0 Å². The zero-order valence-corrected chi connectivity index (χ0v) is 18.2. The molecule has 0 bridgehead atoms. The first-order valence-corrected chi connectivity index (χ1v) is 7.28. The third kappa shape index (κ3) is 4.54. The van der Waals surface area contributed by atoms with Gasteiger partial charge in [0.05, 0.1) is 27.8 Å². The van der Waals surface area contributed by atoms with Crippen molar-refractivity contribution in [1.29, 1.82) is 0 Å². The molecule has 0 aliphatic rings. The van der Waals surface area contributed by atoms with Crippen LogP contribution in [-0.4, -0.2) is 26.2 Å². The maximum absolute atomic E-state index is 11.6. The van der Waals surface area contributed by atoms with Crippen LogP contribution in [0.2, 0.25) is 0 Å². The molecule has 0 unspecified atom stereocenters. The van der Waals surface area contributed by atoms with Crippen LogP contribution in [0.5, 0.6) is 0 Å². The van der Waals surface area contributed by atoms with Gasteiger partial charge in [-0.3, -0.25) is 24.0 Å². The number of carbonyl (C=O) groups is 5. The Bertz CT molecular complexity index is 711. The summed E-state index contributed by atoms with van der Waals surface area (Å²) >= 11 is 30.4. The molecule has 0 aliphatic carbocycles. The van der Waals surface area contributed by atoms with Crippen molar-refractivity contribution in [2.24, 2.45) is 0 Å². The van der Waals surface area contributed by atoms with Crippen LogP contribution in [0.25, 0.3) is 0 Å². The first-order valence-electron chi connectivity index (χ1n) is 4.94. The minimum absolute atomic E-state index is 0. The Morgan fingerprint density at radius 1 is 0.522 bits per heavy atom. The van der Waals surface area contributed by atoms with E-state index in [4.69, 9.17) is 58.0 Å². The molecule has 0 atom stereocenters. The second-order valence-electron chi connectivity index (χ2n) is 3.59. The van der Waals surface area contributed by atoms with E-state index in [0.717, 1.165) is 0 Å². The van der Waals surface area contributed by atoms with Crippen molar-refractivity contribution in [2.75, 3.05) is 0 Å². The Morgan fingerprint density at radius 2 is 0.696 bits per heavy atom. The number of hydrogen-bond donors (Lipinski definition) is 1. The molecule has 0 N–H and O–H groups in total. The topological polar surface area (TPSA) is 85.3 Å². The summed E-state index contributed by atoms with van der Waals surface area (Å²) in [6.07, 6.45) is 0. The molecule has 0 aliphatic heterocycles. The van der Waals surface area contributed by atoms with Crippen molar-refractivity contribution in [2.45, 2.75) is 4.90 Å². The molecule has 1 aromatic carbocycles. The molecule has 0 radical (unpaired) electrons. The van der Waals surface area contributed by atoms with Crippen molar-refractivity contribution in [3.63, 3.8) is 0 Å². The van der Waals surface area contributed by atoms with Gasteiger partial charge in [0, 0.05) is 24.4 Å². The Labute approximate surface area is 172 Å². The van der Waals surface area contributed by atoms with E-state index < -0.39 is 58.9 Å². The molecule has 1 aromatic rings. The van der Waals surface area contributed by atoms with Crippen LogP contribution in [0.3, 0.4) is 0 Å². The average molecular weight is 488 g/mol. The van der Waals surface area contributed by atoms with Gasteiger partial charge in [-0.25, -0.2) is 0 Å². The summed E-state index contributed by atoms with van der Waals surface area (Å²) < 4.78 is 0. The summed E-state index contributed by atoms with van der Waals surface area (Å²) in [4.78, 5) is 57.1. The van der Waals surface area contributed by atoms with Crippen molar-refractivity contribution < 1.29 is 43.5 Å². The van der Waals surface area contributed by atoms with Gasteiger partial charge >= 0.3 is 0 Å². The third-order valence-corrected chi connectivity index (χ3v) is 3.85. The fraction of sp³-hybridized carbons (Fsp3) is 0. The maximum Gasteiger partial charge on any atom is 0.254 e. The molecule has 0 amide bonds. The molecular weight excluding hydrogens is 487 g/mol. The molecule has 0 spiro atoms. The third-order valence-electron chi connectivity index (χ3n) is 2.46. The summed E-state index contributed by atoms with van der Waals surface area (Å²) in [6.45, 7) is 0. The zero-order valence-electron chi connectivity index (χ0n) is 10.6. The van der Waals surface area contributed by atoms with Gasteiger partial charge in [-0.2, -0.15) is 0 Å². The molecule has 0 saturated carbocycles. The largest absolute Gasteiger partial charge is 0.276 e. The normalized spacial score (nSPS) is 9.83. The van der Waals surface area contributed by atoms with Crippen LogP contribution in [-0.2, 0) is 19.5 Å². The fourth-order valence-corrected chi connectivity index (χ4v) is 3.21. The fourth-order valence-electron chi connectivity index (χ4n) is 1.71. The van der Waals surface area contributed by atoms with Crippen LogP contribution in [0.15, 0.2) is 4.90 Å². The van der Waals surface area contributed by atoms with Crippen molar-refractivity contribution in [3.05, 3.63) is 27.8 Å². The Kier molecular flexibility index (Phi) is 8.90. The second-order valence-corrected chi connectivity index (χ2v) is 5.76. The summed E-state index contributed by atoms with van der Waals surface area (Å²) in [5.41, 5.74) is -3.83. The van der Waals surface area contributed by atoms with Gasteiger partial charge in [-0.15, -0.1) is 12.6 Å². The molecule has 118 valence electrons. The number of halogens is 5. The molecule has 5 nitrogen and oxygen atoms in total. The molecule has 1 rings (SSSR count). The van der Waals surface area contributed by atoms with Gasteiger partial charge < -0.3 is 0 Å². The quantitative estimate of drug-likeness (QED) is 0.387. The summed E-state index contributed by atoms with van der Waals surface area (Å²) in [5.74, 6) is 0. The van der Waals surface area contributed by atoms with E-state index in [1.54, 1.807) is 0 Å². The molecular formula is C11HCl5O5SZn. The van der Waals surface area contributed by atoms with Gasteiger partial charge in [0.1, 0.15) is 0 Å². The van der Waals surface area contributed by atoms with Gasteiger partial charge in [0.15, 0.2) is 0 Å². The van der Waals surface area contributed by atoms with Crippen LogP contribution in [0.1, 0.15) is 51.8 Å². The van der Waals surface area contributed by atoms with Crippen LogP contribution >= 0.6 is 70.6 Å². The first kappa shape index (κ1) is 23.0. The van der Waals surface area contributed by atoms with Crippen molar-refractivity contribution in [1.82, 2.24) is 0 Å². The average Bonchev–Trinajstić information content (AvgIpc) is 2.34. The SMILES string of the molecule is O=C(Cl)c1c(S)c(C(=O)Cl)c(C(=O)Cl)c(C(=O)Cl)c1C(=O)Cl.[Zn]. The summed E-state index contributed by atoms with van der Waals surface area (Å²) in [6, 6.07) is 0. The number of thiol groups is 1. The van der Waals surface area contributed by atoms with Gasteiger partial charge in [-0.05, 0) is 58.0 Å². The van der Waals surface area contributed by atoms with Crippen molar-refractivity contribution in [3.8, 4) is 0 Å². The number of carbonyl (C=O) groups excluding carboxylic acids is 5. The minimum Gasteiger partial charge on any atom is -0.276 e. The predicted molar refractivity (Wildman–Crippen MR) is 84.6 cm³/mol. The predicted octanol–water partition coefficient (Wildman–Crippen LogP) is 3.87. The smallest absolute Gasteiger partial charge is 0.254 e. The van der Waals surface area contributed by atoms with E-state index >= 15 is 0 Å². The first-order chi connectivity index (χ1) is 10.0. The van der Waals surface area contributed by atoms with Crippen LogP contribution in [0.4, 0.5) is 0 Å².